The number of hydrogen-bond donors (Lipinski definition) is 3. The van der Waals surface area contributed by atoms with Gasteiger partial charge in [-0.3, -0.25) is 5.41 Å². The summed E-state index contributed by atoms with van der Waals surface area (Å²) in [5.74, 6) is 0.641. The molecule has 0 spiro atoms. The van der Waals surface area contributed by atoms with E-state index in [2.05, 4.69) is 5.32 Å². The van der Waals surface area contributed by atoms with Crippen LogP contribution in [-0.2, 0) is 0 Å². The van der Waals surface area contributed by atoms with E-state index in [1.54, 1.807) is 0 Å². The van der Waals surface area contributed by atoms with Gasteiger partial charge in [-0.15, -0.1) is 0 Å². The smallest absolute Gasteiger partial charge is 0.0952 e. The van der Waals surface area contributed by atoms with Crippen LogP contribution < -0.4 is 11.1 Å². The molecule has 0 bridgehead atoms. The normalized spacial score (nSPS) is 32.5. The highest BCUT2D eigenvalue weighted by atomic mass is 14.9. The Kier molecular flexibility index (Phi) is 2.27. The molecule has 0 heterocycles. The van der Waals surface area contributed by atoms with E-state index in [0.29, 0.717) is 17.8 Å². The molecule has 0 aromatic carbocycles. The summed E-state index contributed by atoms with van der Waals surface area (Å²) >= 11 is 0. The summed E-state index contributed by atoms with van der Waals surface area (Å²) < 4.78 is 0. The Bertz CT molecular complexity index is 133. The fourth-order valence-corrected chi connectivity index (χ4v) is 1.68. The first-order chi connectivity index (χ1) is 4.75. The lowest BCUT2D eigenvalue weighted by Gasteiger charge is -2.16. The van der Waals surface area contributed by atoms with Crippen LogP contribution in [0.4, 0.5) is 0 Å². The first-order valence-electron chi connectivity index (χ1n) is 3.77. The first-order valence-corrected chi connectivity index (χ1v) is 3.77. The zero-order chi connectivity index (χ0) is 7.56. The molecular formula is C7H15N3. The van der Waals surface area contributed by atoms with Crippen LogP contribution in [0.1, 0.15) is 19.3 Å². The van der Waals surface area contributed by atoms with Crippen LogP contribution in [-0.4, -0.2) is 18.9 Å². The van der Waals surface area contributed by atoms with Gasteiger partial charge in [0.2, 0.25) is 0 Å². The van der Waals surface area contributed by atoms with Gasteiger partial charge in [-0.2, -0.15) is 0 Å². The van der Waals surface area contributed by atoms with Gasteiger partial charge in [0.25, 0.3) is 0 Å². The second kappa shape index (κ2) is 3.01. The second-order valence-electron chi connectivity index (χ2n) is 2.89. The third kappa shape index (κ3) is 1.29. The molecule has 0 aliphatic heterocycles. The molecule has 2 unspecified atom stereocenters. The molecule has 2 atom stereocenters. The Hall–Kier alpha value is -0.570. The minimum atomic E-state index is 0.296. The van der Waals surface area contributed by atoms with Crippen molar-refractivity contribution in [3.8, 4) is 0 Å². The largest absolute Gasteiger partial charge is 0.387 e. The zero-order valence-electron chi connectivity index (χ0n) is 6.35. The van der Waals surface area contributed by atoms with Crippen molar-refractivity contribution in [2.24, 2.45) is 11.7 Å². The van der Waals surface area contributed by atoms with Crippen molar-refractivity contribution in [3.63, 3.8) is 0 Å². The van der Waals surface area contributed by atoms with E-state index >= 15 is 0 Å². The highest BCUT2D eigenvalue weighted by Gasteiger charge is 2.27. The molecule has 3 heteroatoms. The number of amidine groups is 1. The summed E-state index contributed by atoms with van der Waals surface area (Å²) in [6.07, 6.45) is 3.46. The van der Waals surface area contributed by atoms with Crippen LogP contribution in [0.5, 0.6) is 0 Å². The van der Waals surface area contributed by atoms with E-state index in [9.17, 15) is 0 Å². The van der Waals surface area contributed by atoms with Gasteiger partial charge in [0.15, 0.2) is 0 Å². The topological polar surface area (TPSA) is 61.9 Å². The van der Waals surface area contributed by atoms with Crippen molar-refractivity contribution in [2.45, 2.75) is 25.3 Å². The maximum Gasteiger partial charge on any atom is 0.0952 e. The van der Waals surface area contributed by atoms with Gasteiger partial charge >= 0.3 is 0 Å². The minimum absolute atomic E-state index is 0.296. The maximum absolute atomic E-state index is 7.26. The lowest BCUT2D eigenvalue weighted by Crippen LogP contribution is -2.36. The van der Waals surface area contributed by atoms with E-state index in [1.165, 1.54) is 12.8 Å². The highest BCUT2D eigenvalue weighted by Crippen LogP contribution is 2.24. The summed E-state index contributed by atoms with van der Waals surface area (Å²) in [6, 6.07) is 0.456. The molecule has 1 aliphatic carbocycles. The van der Waals surface area contributed by atoms with Crippen LogP contribution in [0.25, 0.3) is 0 Å². The van der Waals surface area contributed by atoms with Crippen molar-refractivity contribution in [1.29, 1.82) is 5.41 Å². The average molecular weight is 141 g/mol. The number of nitrogens with one attached hydrogen (secondary N) is 2. The molecule has 3 nitrogen and oxygen atoms in total. The SMILES string of the molecule is CNC1CCCC1C(=N)N. The van der Waals surface area contributed by atoms with Gasteiger partial charge < -0.3 is 11.1 Å². The third-order valence-corrected chi connectivity index (χ3v) is 2.29. The van der Waals surface area contributed by atoms with Crippen molar-refractivity contribution < 1.29 is 0 Å². The molecule has 0 saturated heterocycles. The molecule has 0 aromatic rings. The van der Waals surface area contributed by atoms with Crippen LogP contribution in [0.3, 0.4) is 0 Å². The maximum atomic E-state index is 7.26. The Morgan fingerprint density at radius 1 is 1.60 bits per heavy atom. The van der Waals surface area contributed by atoms with Crippen LogP contribution >= 0.6 is 0 Å². The van der Waals surface area contributed by atoms with Crippen molar-refractivity contribution in [1.82, 2.24) is 5.32 Å². The average Bonchev–Trinajstić information content (AvgIpc) is 2.33. The van der Waals surface area contributed by atoms with Crippen molar-refractivity contribution >= 4 is 5.84 Å². The Morgan fingerprint density at radius 3 is 2.70 bits per heavy atom. The Balaban J connectivity index is 2.50. The lowest BCUT2D eigenvalue weighted by atomic mass is 10.0. The van der Waals surface area contributed by atoms with E-state index in [4.69, 9.17) is 11.1 Å². The predicted molar refractivity (Wildman–Crippen MR) is 42.1 cm³/mol. The van der Waals surface area contributed by atoms with Gasteiger partial charge in [0.1, 0.15) is 0 Å². The number of rotatable bonds is 2. The van der Waals surface area contributed by atoms with Gasteiger partial charge in [-0.05, 0) is 19.9 Å². The lowest BCUT2D eigenvalue weighted by molar-refractivity contribution is 0.516. The van der Waals surface area contributed by atoms with Crippen molar-refractivity contribution in [3.05, 3.63) is 0 Å². The van der Waals surface area contributed by atoms with Gasteiger partial charge in [0, 0.05) is 12.0 Å². The van der Waals surface area contributed by atoms with Crippen LogP contribution in [0, 0.1) is 11.3 Å². The molecule has 1 saturated carbocycles. The highest BCUT2D eigenvalue weighted by molar-refractivity contribution is 5.80. The van der Waals surface area contributed by atoms with Crippen molar-refractivity contribution in [2.75, 3.05) is 7.05 Å². The summed E-state index contributed by atoms with van der Waals surface area (Å²) in [5, 5.41) is 10.4. The molecule has 4 N–H and O–H groups in total. The molecule has 1 rings (SSSR count). The Labute approximate surface area is 61.5 Å². The molecule has 0 aromatic heterocycles. The van der Waals surface area contributed by atoms with Gasteiger partial charge in [-0.1, -0.05) is 6.42 Å². The molecule has 0 amide bonds. The van der Waals surface area contributed by atoms with E-state index < -0.39 is 0 Å². The summed E-state index contributed by atoms with van der Waals surface area (Å²) in [6.45, 7) is 0. The summed E-state index contributed by atoms with van der Waals surface area (Å²) in [4.78, 5) is 0. The summed E-state index contributed by atoms with van der Waals surface area (Å²) in [5.41, 5.74) is 5.41. The molecule has 1 aliphatic rings. The van der Waals surface area contributed by atoms with E-state index in [1.807, 2.05) is 7.05 Å². The number of nitrogens with two attached hydrogens (primary N) is 1. The first kappa shape index (κ1) is 7.54. The fourth-order valence-electron chi connectivity index (χ4n) is 1.68. The molecule has 0 radical (unpaired) electrons. The van der Waals surface area contributed by atoms with Crippen LogP contribution in [0.15, 0.2) is 0 Å². The summed E-state index contributed by atoms with van der Waals surface area (Å²) in [7, 11) is 1.94. The molecule has 58 valence electrons. The number of hydrogen-bond acceptors (Lipinski definition) is 2. The third-order valence-electron chi connectivity index (χ3n) is 2.29. The fraction of sp³-hybridized carbons (Fsp3) is 0.857. The monoisotopic (exact) mass is 141 g/mol. The van der Waals surface area contributed by atoms with Gasteiger partial charge in [-0.25, -0.2) is 0 Å². The molecule has 1 fully saturated rings. The van der Waals surface area contributed by atoms with Gasteiger partial charge in [0.05, 0.1) is 5.84 Å². The Morgan fingerprint density at radius 2 is 2.30 bits per heavy atom. The van der Waals surface area contributed by atoms with Crippen LogP contribution in [0.2, 0.25) is 0 Å². The van der Waals surface area contributed by atoms with E-state index in [-0.39, 0.29) is 0 Å². The standard InChI is InChI=1S/C7H15N3/c1-10-6-4-2-3-5(6)7(8)9/h5-6,10H,2-4H2,1H3,(H3,8,9). The minimum Gasteiger partial charge on any atom is -0.387 e. The quantitative estimate of drug-likeness (QED) is 0.383. The molecular weight excluding hydrogens is 126 g/mol. The zero-order valence-corrected chi connectivity index (χ0v) is 6.35. The predicted octanol–water partition coefficient (Wildman–Crippen LogP) is 0.310. The molecule has 10 heavy (non-hydrogen) atoms. The second-order valence-corrected chi connectivity index (χ2v) is 2.89. The van der Waals surface area contributed by atoms with E-state index in [0.717, 1.165) is 6.42 Å².